The zero-order valence-electron chi connectivity index (χ0n) is 11.2. The van der Waals surface area contributed by atoms with Crippen molar-refractivity contribution in [2.75, 3.05) is 0 Å². The molecule has 2 bridgehead atoms. The molecule has 0 aliphatic heterocycles. The maximum Gasteiger partial charge on any atom is 0.303 e. The van der Waals surface area contributed by atoms with Gasteiger partial charge < -0.3 is 4.74 Å². The number of carbonyl (C=O) groups is 1. The van der Waals surface area contributed by atoms with Crippen molar-refractivity contribution in [1.29, 1.82) is 0 Å². The summed E-state index contributed by atoms with van der Waals surface area (Å²) in [6.45, 7) is 5.73. The van der Waals surface area contributed by atoms with Crippen LogP contribution >= 0.6 is 0 Å². The molecule has 0 N–H and O–H groups in total. The van der Waals surface area contributed by atoms with Gasteiger partial charge in [0.2, 0.25) is 0 Å². The second-order valence-corrected chi connectivity index (χ2v) is 7.03. The fraction of sp³-hybridized carbons (Fsp3) is 0.933. The zero-order valence-corrected chi connectivity index (χ0v) is 11.2. The number of rotatable bonds is 2. The molecule has 2 nitrogen and oxygen atoms in total. The van der Waals surface area contributed by atoms with Gasteiger partial charge in [0, 0.05) is 6.92 Å². The van der Waals surface area contributed by atoms with E-state index in [1.165, 1.54) is 39.0 Å². The minimum absolute atomic E-state index is 0.130. The number of fused-ring (bicyclic) bond motifs is 5. The van der Waals surface area contributed by atoms with Gasteiger partial charge in [0.05, 0.1) is 0 Å². The summed E-state index contributed by atoms with van der Waals surface area (Å²) in [5.41, 5.74) is -0.254. The van der Waals surface area contributed by atoms with Gasteiger partial charge in [-0.15, -0.1) is 0 Å². The molecule has 96 valence electrons. The van der Waals surface area contributed by atoms with Gasteiger partial charge in [0.15, 0.2) is 0 Å². The molecule has 4 atom stereocenters. The maximum atomic E-state index is 11.2. The van der Waals surface area contributed by atoms with Crippen molar-refractivity contribution in [2.45, 2.75) is 58.5 Å². The summed E-state index contributed by atoms with van der Waals surface area (Å²) in [6.07, 6.45) is 7.02. The van der Waals surface area contributed by atoms with Crippen LogP contribution in [-0.4, -0.2) is 11.6 Å². The monoisotopic (exact) mass is 236 g/mol. The Bertz CT molecular complexity index is 316. The highest BCUT2D eigenvalue weighted by Crippen LogP contribution is 2.61. The van der Waals surface area contributed by atoms with Crippen LogP contribution in [0.15, 0.2) is 0 Å². The van der Waals surface area contributed by atoms with Gasteiger partial charge >= 0.3 is 5.97 Å². The van der Waals surface area contributed by atoms with Crippen LogP contribution in [0.3, 0.4) is 0 Å². The first-order chi connectivity index (χ1) is 7.97. The van der Waals surface area contributed by atoms with Gasteiger partial charge in [0.25, 0.3) is 0 Å². The van der Waals surface area contributed by atoms with Crippen molar-refractivity contribution in [3.63, 3.8) is 0 Å². The van der Waals surface area contributed by atoms with Crippen LogP contribution < -0.4 is 0 Å². The predicted octanol–water partition coefficient (Wildman–Crippen LogP) is 3.40. The fourth-order valence-electron chi connectivity index (χ4n) is 5.04. The minimum atomic E-state index is -0.254. The molecule has 0 aromatic carbocycles. The smallest absolute Gasteiger partial charge is 0.303 e. The molecule has 4 unspecified atom stereocenters. The van der Waals surface area contributed by atoms with E-state index < -0.39 is 0 Å². The Morgan fingerprint density at radius 2 is 1.59 bits per heavy atom. The van der Waals surface area contributed by atoms with E-state index in [9.17, 15) is 4.79 Å². The third-order valence-corrected chi connectivity index (χ3v) is 5.78. The SMILES string of the molecule is CC(=O)OC(C)(C)C1CC2C3CCC(C3)C2C1. The Morgan fingerprint density at radius 3 is 2.06 bits per heavy atom. The highest BCUT2D eigenvalue weighted by Gasteiger charge is 2.54. The van der Waals surface area contributed by atoms with E-state index in [4.69, 9.17) is 4.74 Å². The topological polar surface area (TPSA) is 26.3 Å². The molecule has 17 heavy (non-hydrogen) atoms. The van der Waals surface area contributed by atoms with Gasteiger partial charge in [-0.05, 0) is 75.5 Å². The maximum absolute atomic E-state index is 11.2. The summed E-state index contributed by atoms with van der Waals surface area (Å²) in [5.74, 6) is 4.37. The van der Waals surface area contributed by atoms with Gasteiger partial charge in [-0.3, -0.25) is 4.79 Å². The van der Waals surface area contributed by atoms with Crippen LogP contribution in [-0.2, 0) is 9.53 Å². The summed E-state index contributed by atoms with van der Waals surface area (Å²) in [4.78, 5) is 11.2. The van der Waals surface area contributed by atoms with Gasteiger partial charge in [-0.1, -0.05) is 0 Å². The molecule has 3 fully saturated rings. The number of ether oxygens (including phenoxy) is 1. The molecule has 0 spiro atoms. The van der Waals surface area contributed by atoms with Crippen LogP contribution in [0.4, 0.5) is 0 Å². The Balaban J connectivity index is 1.70. The van der Waals surface area contributed by atoms with Crippen LogP contribution in [0.2, 0.25) is 0 Å². The standard InChI is InChI=1S/C15H24O2/c1-9(16)17-15(2,3)12-7-13-10-4-5-11(6-10)14(13)8-12/h10-14H,4-8H2,1-3H3. The summed E-state index contributed by atoms with van der Waals surface area (Å²) in [6, 6.07) is 0. The van der Waals surface area contributed by atoms with Crippen LogP contribution in [0, 0.1) is 29.6 Å². The third kappa shape index (κ3) is 1.80. The molecule has 0 aromatic rings. The van der Waals surface area contributed by atoms with Gasteiger partial charge in [-0.25, -0.2) is 0 Å². The first kappa shape index (κ1) is 11.6. The Kier molecular flexibility index (Phi) is 2.53. The summed E-state index contributed by atoms with van der Waals surface area (Å²) >= 11 is 0. The molecular formula is C15H24O2. The van der Waals surface area contributed by atoms with E-state index in [0.29, 0.717) is 5.92 Å². The Hall–Kier alpha value is -0.530. The molecule has 0 amide bonds. The average molecular weight is 236 g/mol. The lowest BCUT2D eigenvalue weighted by Gasteiger charge is -2.32. The summed E-state index contributed by atoms with van der Waals surface area (Å²) in [7, 11) is 0. The molecule has 2 heteroatoms. The van der Waals surface area contributed by atoms with E-state index in [2.05, 4.69) is 13.8 Å². The van der Waals surface area contributed by atoms with Crippen molar-refractivity contribution in [3.05, 3.63) is 0 Å². The second-order valence-electron chi connectivity index (χ2n) is 7.03. The van der Waals surface area contributed by atoms with E-state index >= 15 is 0 Å². The average Bonchev–Trinajstić information content (AvgIpc) is 2.88. The molecule has 0 saturated heterocycles. The highest BCUT2D eigenvalue weighted by molar-refractivity contribution is 5.66. The van der Waals surface area contributed by atoms with Crippen molar-refractivity contribution < 1.29 is 9.53 Å². The molecule has 3 aliphatic rings. The van der Waals surface area contributed by atoms with Crippen LogP contribution in [0.25, 0.3) is 0 Å². The highest BCUT2D eigenvalue weighted by atomic mass is 16.6. The van der Waals surface area contributed by atoms with Crippen LogP contribution in [0.1, 0.15) is 52.9 Å². The lowest BCUT2D eigenvalue weighted by molar-refractivity contribution is -0.159. The van der Waals surface area contributed by atoms with Gasteiger partial charge in [0.1, 0.15) is 5.60 Å². The van der Waals surface area contributed by atoms with Crippen LogP contribution in [0.5, 0.6) is 0 Å². The van der Waals surface area contributed by atoms with Crippen molar-refractivity contribution in [1.82, 2.24) is 0 Å². The molecule has 3 aliphatic carbocycles. The minimum Gasteiger partial charge on any atom is -0.460 e. The number of esters is 1. The van der Waals surface area contributed by atoms with Gasteiger partial charge in [-0.2, -0.15) is 0 Å². The largest absolute Gasteiger partial charge is 0.460 e. The van der Waals surface area contributed by atoms with E-state index in [-0.39, 0.29) is 11.6 Å². The van der Waals surface area contributed by atoms with Crippen molar-refractivity contribution >= 4 is 5.97 Å². The van der Waals surface area contributed by atoms with E-state index in [1.54, 1.807) is 0 Å². The number of carbonyl (C=O) groups excluding carboxylic acids is 1. The summed E-state index contributed by atoms with van der Waals surface area (Å²) in [5, 5.41) is 0. The van der Waals surface area contributed by atoms with E-state index in [0.717, 1.165) is 23.7 Å². The van der Waals surface area contributed by atoms with Crippen molar-refractivity contribution in [2.24, 2.45) is 29.6 Å². The zero-order chi connectivity index (χ0) is 12.2. The number of hydrogen-bond acceptors (Lipinski definition) is 2. The van der Waals surface area contributed by atoms with E-state index in [1.807, 2.05) is 0 Å². The Labute approximate surface area is 104 Å². The molecule has 0 aromatic heterocycles. The molecule has 3 saturated carbocycles. The second kappa shape index (κ2) is 3.73. The quantitative estimate of drug-likeness (QED) is 0.687. The molecular weight excluding hydrogens is 212 g/mol. The molecule has 3 rings (SSSR count). The molecule has 0 heterocycles. The Morgan fingerprint density at radius 1 is 1.06 bits per heavy atom. The number of hydrogen-bond donors (Lipinski definition) is 0. The lowest BCUT2D eigenvalue weighted by atomic mass is 9.82. The fourth-order valence-corrected chi connectivity index (χ4v) is 5.04. The predicted molar refractivity (Wildman–Crippen MR) is 66.4 cm³/mol. The summed E-state index contributed by atoms with van der Waals surface area (Å²) < 4.78 is 5.54. The normalized spacial score (nSPS) is 43.8. The van der Waals surface area contributed by atoms with Crippen molar-refractivity contribution in [3.8, 4) is 0 Å². The lowest BCUT2D eigenvalue weighted by Crippen LogP contribution is -2.35. The first-order valence-electron chi connectivity index (χ1n) is 7.17. The first-order valence-corrected chi connectivity index (χ1v) is 7.17. The molecule has 0 radical (unpaired) electrons. The third-order valence-electron chi connectivity index (χ3n) is 5.78.